The molecule has 0 spiro atoms. The van der Waals surface area contributed by atoms with E-state index in [0.29, 0.717) is 6.42 Å². The Kier molecular flexibility index (Phi) is 5.67. The summed E-state index contributed by atoms with van der Waals surface area (Å²) in [7, 11) is 0. The van der Waals surface area contributed by atoms with Gasteiger partial charge in [-0.05, 0) is 46.5 Å². The van der Waals surface area contributed by atoms with E-state index >= 15 is 0 Å². The third-order valence-electron chi connectivity index (χ3n) is 4.11. The van der Waals surface area contributed by atoms with Gasteiger partial charge in [0, 0.05) is 38.1 Å². The van der Waals surface area contributed by atoms with Crippen molar-refractivity contribution < 1.29 is 14.3 Å². The van der Waals surface area contributed by atoms with E-state index < -0.39 is 5.60 Å². The van der Waals surface area contributed by atoms with Gasteiger partial charge in [-0.15, -0.1) is 0 Å². The van der Waals surface area contributed by atoms with Crippen molar-refractivity contribution in [2.24, 2.45) is 0 Å². The van der Waals surface area contributed by atoms with Crippen LogP contribution < -0.4 is 10.6 Å². The largest absolute Gasteiger partial charge is 0.444 e. The Morgan fingerprint density at radius 3 is 2.73 bits per heavy atom. The van der Waals surface area contributed by atoms with Crippen molar-refractivity contribution in [1.82, 2.24) is 15.5 Å². The Balaban J connectivity index is 1.79. The van der Waals surface area contributed by atoms with Gasteiger partial charge >= 0.3 is 6.09 Å². The number of ether oxygens (including phenoxy) is 1. The third kappa shape index (κ3) is 5.16. The molecule has 0 aromatic carbocycles. The highest BCUT2D eigenvalue weighted by Crippen LogP contribution is 2.20. The summed E-state index contributed by atoms with van der Waals surface area (Å²) in [6, 6.07) is 0.409. The molecule has 22 heavy (non-hydrogen) atoms. The molecule has 0 aromatic heterocycles. The Morgan fingerprint density at radius 1 is 1.32 bits per heavy atom. The fourth-order valence-electron chi connectivity index (χ4n) is 3.03. The number of likely N-dealkylation sites (tertiary alicyclic amines) is 1. The number of hydrogen-bond donors (Lipinski definition) is 2. The standard InChI is InChI=1S/C16H29N3O3/c1-16(2,3)22-15(21)19-9-5-4-6-13(19)11-17-10-12-7-8-14(20)18-12/h12-13,17H,4-11H2,1-3H3,(H,18,20). The molecule has 0 aromatic rings. The average molecular weight is 311 g/mol. The van der Waals surface area contributed by atoms with Crippen molar-refractivity contribution in [2.75, 3.05) is 19.6 Å². The van der Waals surface area contributed by atoms with Gasteiger partial charge in [-0.2, -0.15) is 0 Å². The first kappa shape index (κ1) is 17.1. The van der Waals surface area contributed by atoms with E-state index in [0.717, 1.165) is 45.3 Å². The quantitative estimate of drug-likeness (QED) is 0.828. The fraction of sp³-hybridized carbons (Fsp3) is 0.875. The molecule has 0 bridgehead atoms. The van der Waals surface area contributed by atoms with Crippen LogP contribution in [0.2, 0.25) is 0 Å². The van der Waals surface area contributed by atoms with Crippen molar-refractivity contribution >= 4 is 12.0 Å². The summed E-state index contributed by atoms with van der Waals surface area (Å²) in [5.41, 5.74) is -0.458. The van der Waals surface area contributed by atoms with E-state index in [9.17, 15) is 9.59 Å². The zero-order valence-electron chi connectivity index (χ0n) is 14.0. The molecule has 126 valence electrons. The first-order chi connectivity index (χ1) is 10.3. The number of hydrogen-bond acceptors (Lipinski definition) is 4. The summed E-state index contributed by atoms with van der Waals surface area (Å²) in [5.74, 6) is 0.139. The summed E-state index contributed by atoms with van der Waals surface area (Å²) in [5, 5.41) is 6.35. The Labute approximate surface area is 132 Å². The SMILES string of the molecule is CC(C)(C)OC(=O)N1CCCCC1CNCC1CCC(=O)N1. The van der Waals surface area contributed by atoms with E-state index in [4.69, 9.17) is 4.74 Å². The van der Waals surface area contributed by atoms with Crippen LogP contribution in [0.3, 0.4) is 0 Å². The van der Waals surface area contributed by atoms with Crippen molar-refractivity contribution in [3.8, 4) is 0 Å². The average Bonchev–Trinajstić information content (AvgIpc) is 2.83. The molecule has 2 saturated heterocycles. The van der Waals surface area contributed by atoms with Gasteiger partial charge in [0.15, 0.2) is 0 Å². The number of nitrogens with one attached hydrogen (secondary N) is 2. The lowest BCUT2D eigenvalue weighted by atomic mass is 10.0. The van der Waals surface area contributed by atoms with Crippen LogP contribution in [0.4, 0.5) is 4.79 Å². The molecule has 0 radical (unpaired) electrons. The van der Waals surface area contributed by atoms with Crippen LogP contribution in [0.5, 0.6) is 0 Å². The maximum Gasteiger partial charge on any atom is 0.410 e. The number of amides is 2. The molecule has 2 unspecified atom stereocenters. The van der Waals surface area contributed by atoms with Crippen molar-refractivity contribution in [3.05, 3.63) is 0 Å². The number of carbonyl (C=O) groups excluding carboxylic acids is 2. The van der Waals surface area contributed by atoms with Crippen LogP contribution in [0.1, 0.15) is 52.9 Å². The van der Waals surface area contributed by atoms with Crippen LogP contribution in [-0.4, -0.2) is 54.2 Å². The predicted octanol–water partition coefficient (Wildman–Crippen LogP) is 1.64. The maximum atomic E-state index is 12.3. The van der Waals surface area contributed by atoms with Crippen molar-refractivity contribution in [1.29, 1.82) is 0 Å². The van der Waals surface area contributed by atoms with Gasteiger partial charge in [-0.3, -0.25) is 4.79 Å². The van der Waals surface area contributed by atoms with Crippen molar-refractivity contribution in [3.63, 3.8) is 0 Å². The Bertz CT molecular complexity index is 406. The lowest BCUT2D eigenvalue weighted by Gasteiger charge is -2.37. The minimum atomic E-state index is -0.458. The molecular weight excluding hydrogens is 282 g/mol. The third-order valence-corrected chi connectivity index (χ3v) is 4.11. The topological polar surface area (TPSA) is 70.7 Å². The number of rotatable bonds is 4. The second kappa shape index (κ2) is 7.31. The van der Waals surface area contributed by atoms with Gasteiger partial charge in [0.05, 0.1) is 0 Å². The molecule has 2 fully saturated rings. The molecule has 6 nitrogen and oxygen atoms in total. The van der Waals surface area contributed by atoms with Gasteiger partial charge in [0.1, 0.15) is 5.60 Å². The first-order valence-corrected chi connectivity index (χ1v) is 8.35. The molecule has 2 N–H and O–H groups in total. The summed E-state index contributed by atoms with van der Waals surface area (Å²) in [6.07, 6.45) is 4.49. The molecule has 2 amide bonds. The highest BCUT2D eigenvalue weighted by Gasteiger charge is 2.30. The van der Waals surface area contributed by atoms with E-state index in [1.54, 1.807) is 0 Å². The molecule has 2 rings (SSSR count). The fourth-order valence-corrected chi connectivity index (χ4v) is 3.03. The van der Waals surface area contributed by atoms with Crippen LogP contribution in [0, 0.1) is 0 Å². The summed E-state index contributed by atoms with van der Waals surface area (Å²) >= 11 is 0. The van der Waals surface area contributed by atoms with E-state index in [1.807, 2.05) is 25.7 Å². The first-order valence-electron chi connectivity index (χ1n) is 8.35. The molecule has 2 heterocycles. The smallest absolute Gasteiger partial charge is 0.410 e. The molecule has 2 aliphatic rings. The molecule has 2 atom stereocenters. The highest BCUT2D eigenvalue weighted by atomic mass is 16.6. The zero-order valence-corrected chi connectivity index (χ0v) is 14.0. The second-order valence-electron chi connectivity index (χ2n) is 7.28. The Morgan fingerprint density at radius 2 is 2.09 bits per heavy atom. The van der Waals surface area contributed by atoms with Crippen LogP contribution in [0.15, 0.2) is 0 Å². The predicted molar refractivity (Wildman–Crippen MR) is 84.6 cm³/mol. The second-order valence-corrected chi connectivity index (χ2v) is 7.28. The summed E-state index contributed by atoms with van der Waals surface area (Å²) in [6.45, 7) is 7.97. The van der Waals surface area contributed by atoms with Gasteiger partial charge in [-0.25, -0.2) is 4.79 Å². The van der Waals surface area contributed by atoms with E-state index in [-0.39, 0.29) is 24.1 Å². The van der Waals surface area contributed by atoms with Gasteiger partial charge in [0.25, 0.3) is 0 Å². The minimum absolute atomic E-state index is 0.139. The van der Waals surface area contributed by atoms with Gasteiger partial charge < -0.3 is 20.3 Å². The van der Waals surface area contributed by atoms with Gasteiger partial charge in [0.2, 0.25) is 5.91 Å². The molecule has 2 aliphatic heterocycles. The normalized spacial score (nSPS) is 26.0. The molecule has 0 aliphatic carbocycles. The molecule has 6 heteroatoms. The van der Waals surface area contributed by atoms with Crippen LogP contribution >= 0.6 is 0 Å². The van der Waals surface area contributed by atoms with E-state index in [1.165, 1.54) is 0 Å². The number of nitrogens with zero attached hydrogens (tertiary/aromatic N) is 1. The van der Waals surface area contributed by atoms with Crippen LogP contribution in [0.25, 0.3) is 0 Å². The summed E-state index contributed by atoms with van der Waals surface area (Å²) < 4.78 is 5.50. The van der Waals surface area contributed by atoms with Gasteiger partial charge in [-0.1, -0.05) is 0 Å². The number of carbonyl (C=O) groups is 2. The van der Waals surface area contributed by atoms with Crippen LogP contribution in [-0.2, 0) is 9.53 Å². The molecule has 0 saturated carbocycles. The highest BCUT2D eigenvalue weighted by molar-refractivity contribution is 5.78. The Hall–Kier alpha value is -1.30. The lowest BCUT2D eigenvalue weighted by Crippen LogP contribution is -2.51. The van der Waals surface area contributed by atoms with Crippen molar-refractivity contribution in [2.45, 2.75) is 70.6 Å². The van der Waals surface area contributed by atoms with E-state index in [2.05, 4.69) is 10.6 Å². The summed E-state index contributed by atoms with van der Waals surface area (Å²) in [4.78, 5) is 25.3. The minimum Gasteiger partial charge on any atom is -0.444 e. The zero-order chi connectivity index (χ0) is 16.2. The number of piperidine rings is 1. The maximum absolute atomic E-state index is 12.3. The molecular formula is C16H29N3O3. The lowest BCUT2D eigenvalue weighted by molar-refractivity contribution is -0.119. The monoisotopic (exact) mass is 311 g/mol.